The Labute approximate surface area is 113 Å². The average Bonchev–Trinajstić information content (AvgIpc) is 2.83. The average molecular weight is 291 g/mol. The van der Waals surface area contributed by atoms with Gasteiger partial charge in [0.25, 0.3) is 0 Å². The van der Waals surface area contributed by atoms with Crippen LogP contribution < -0.4 is 4.72 Å². The van der Waals surface area contributed by atoms with E-state index in [0.29, 0.717) is 10.8 Å². The number of aryl methyl sites for hydroxylation is 1. The summed E-state index contributed by atoms with van der Waals surface area (Å²) in [5.74, 6) is 0.225. The Kier molecular flexibility index (Phi) is 6.28. The lowest BCUT2D eigenvalue weighted by molar-refractivity contribution is 0.228. The summed E-state index contributed by atoms with van der Waals surface area (Å²) in [6.07, 6.45) is 2.42. The van der Waals surface area contributed by atoms with Gasteiger partial charge in [-0.3, -0.25) is 0 Å². The van der Waals surface area contributed by atoms with Crippen LogP contribution >= 0.6 is 11.3 Å². The molecular weight excluding hydrogens is 270 g/mol. The van der Waals surface area contributed by atoms with Gasteiger partial charge in [-0.1, -0.05) is 13.8 Å². The van der Waals surface area contributed by atoms with Crippen LogP contribution in [0.1, 0.15) is 31.6 Å². The number of hydrogen-bond donors (Lipinski definition) is 2. The molecule has 0 aromatic carbocycles. The zero-order valence-corrected chi connectivity index (χ0v) is 12.5. The van der Waals surface area contributed by atoms with Gasteiger partial charge < -0.3 is 5.11 Å². The van der Waals surface area contributed by atoms with Crippen molar-refractivity contribution in [1.29, 1.82) is 0 Å². The molecule has 0 aliphatic rings. The molecule has 104 valence electrons. The van der Waals surface area contributed by atoms with E-state index in [4.69, 9.17) is 5.11 Å². The van der Waals surface area contributed by atoms with Crippen LogP contribution in [0.4, 0.5) is 0 Å². The van der Waals surface area contributed by atoms with Gasteiger partial charge in [-0.2, -0.15) is 0 Å². The Hall–Kier alpha value is -0.430. The van der Waals surface area contributed by atoms with Crippen molar-refractivity contribution in [3.05, 3.63) is 17.0 Å². The first-order chi connectivity index (χ1) is 8.49. The Balaban J connectivity index is 2.45. The fourth-order valence-electron chi connectivity index (χ4n) is 1.51. The first-order valence-corrected chi connectivity index (χ1v) is 8.48. The standard InChI is InChI=1S/C12H21NO3S2/c1-3-11-6-7-12(17-11)18(15,16)13-8-4-5-10(2)9-14/h6-7,10,13-14H,3-5,8-9H2,1-2H3. The van der Waals surface area contributed by atoms with E-state index in [1.165, 1.54) is 11.3 Å². The lowest BCUT2D eigenvalue weighted by atomic mass is 10.1. The first-order valence-electron chi connectivity index (χ1n) is 6.18. The van der Waals surface area contributed by atoms with Gasteiger partial charge in [0, 0.05) is 18.0 Å². The molecule has 0 fully saturated rings. The largest absolute Gasteiger partial charge is 0.396 e. The van der Waals surface area contributed by atoms with Crippen molar-refractivity contribution in [1.82, 2.24) is 4.72 Å². The molecule has 1 heterocycles. The third kappa shape index (κ3) is 4.68. The summed E-state index contributed by atoms with van der Waals surface area (Å²) in [5.41, 5.74) is 0. The van der Waals surface area contributed by atoms with Crippen molar-refractivity contribution in [3.63, 3.8) is 0 Å². The molecule has 1 unspecified atom stereocenters. The van der Waals surface area contributed by atoms with E-state index in [1.54, 1.807) is 6.07 Å². The van der Waals surface area contributed by atoms with E-state index >= 15 is 0 Å². The van der Waals surface area contributed by atoms with Gasteiger partial charge >= 0.3 is 0 Å². The van der Waals surface area contributed by atoms with E-state index < -0.39 is 10.0 Å². The van der Waals surface area contributed by atoms with Crippen LogP contribution in [0.3, 0.4) is 0 Å². The molecule has 0 bridgehead atoms. The molecule has 6 heteroatoms. The number of rotatable bonds is 8. The molecule has 2 N–H and O–H groups in total. The monoisotopic (exact) mass is 291 g/mol. The number of nitrogens with one attached hydrogen (secondary N) is 1. The highest BCUT2D eigenvalue weighted by molar-refractivity contribution is 7.91. The summed E-state index contributed by atoms with van der Waals surface area (Å²) in [7, 11) is -3.35. The van der Waals surface area contributed by atoms with Crippen LogP contribution in [0.5, 0.6) is 0 Å². The van der Waals surface area contributed by atoms with Gasteiger partial charge in [0.2, 0.25) is 10.0 Å². The predicted octanol–water partition coefficient (Wildman–Crippen LogP) is 2.00. The molecule has 18 heavy (non-hydrogen) atoms. The minimum absolute atomic E-state index is 0.150. The van der Waals surface area contributed by atoms with Crippen molar-refractivity contribution < 1.29 is 13.5 Å². The quantitative estimate of drug-likeness (QED) is 0.720. The fourth-order valence-corrected chi connectivity index (χ4v) is 3.93. The highest BCUT2D eigenvalue weighted by atomic mass is 32.2. The molecular formula is C12H21NO3S2. The molecule has 0 amide bonds. The van der Waals surface area contributed by atoms with Crippen LogP contribution in [0.25, 0.3) is 0 Å². The van der Waals surface area contributed by atoms with E-state index in [-0.39, 0.29) is 12.5 Å². The Morgan fingerprint density at radius 1 is 1.44 bits per heavy atom. The smallest absolute Gasteiger partial charge is 0.250 e. The van der Waals surface area contributed by atoms with Crippen molar-refractivity contribution in [2.45, 2.75) is 37.3 Å². The molecule has 0 radical (unpaired) electrons. The van der Waals surface area contributed by atoms with Crippen LogP contribution in [-0.2, 0) is 16.4 Å². The summed E-state index contributed by atoms with van der Waals surface area (Å²) in [5, 5.41) is 8.86. The summed E-state index contributed by atoms with van der Waals surface area (Å²) >= 11 is 1.32. The predicted molar refractivity (Wildman–Crippen MR) is 74.4 cm³/mol. The zero-order chi connectivity index (χ0) is 13.6. The topological polar surface area (TPSA) is 66.4 Å². The minimum Gasteiger partial charge on any atom is -0.396 e. The number of sulfonamides is 1. The fraction of sp³-hybridized carbons (Fsp3) is 0.667. The van der Waals surface area contributed by atoms with Gasteiger partial charge in [0.05, 0.1) is 0 Å². The van der Waals surface area contributed by atoms with Crippen LogP contribution in [0.15, 0.2) is 16.3 Å². The highest BCUT2D eigenvalue weighted by Gasteiger charge is 2.15. The number of aliphatic hydroxyl groups is 1. The molecule has 4 nitrogen and oxygen atoms in total. The maximum Gasteiger partial charge on any atom is 0.250 e. The molecule has 0 saturated carbocycles. The second kappa shape index (κ2) is 7.23. The summed E-state index contributed by atoms with van der Waals surface area (Å²) < 4.78 is 26.8. The Morgan fingerprint density at radius 3 is 2.72 bits per heavy atom. The molecule has 0 spiro atoms. The molecule has 1 atom stereocenters. The van der Waals surface area contributed by atoms with Crippen LogP contribution in [-0.4, -0.2) is 26.7 Å². The zero-order valence-electron chi connectivity index (χ0n) is 10.8. The van der Waals surface area contributed by atoms with Crippen molar-refractivity contribution in [2.75, 3.05) is 13.2 Å². The van der Waals surface area contributed by atoms with Crippen molar-refractivity contribution in [3.8, 4) is 0 Å². The molecule has 1 aromatic rings. The van der Waals surface area contributed by atoms with Crippen LogP contribution in [0, 0.1) is 5.92 Å². The lowest BCUT2D eigenvalue weighted by Gasteiger charge is -2.08. The Morgan fingerprint density at radius 2 is 2.17 bits per heavy atom. The van der Waals surface area contributed by atoms with E-state index in [9.17, 15) is 8.42 Å². The SMILES string of the molecule is CCc1ccc(S(=O)(=O)NCCCC(C)CO)s1. The summed E-state index contributed by atoms with van der Waals surface area (Å²) in [6, 6.07) is 3.51. The van der Waals surface area contributed by atoms with Gasteiger partial charge in [-0.05, 0) is 37.3 Å². The van der Waals surface area contributed by atoms with Gasteiger partial charge in [0.15, 0.2) is 0 Å². The number of thiophene rings is 1. The summed E-state index contributed by atoms with van der Waals surface area (Å²) in [4.78, 5) is 1.07. The normalized spacial score (nSPS) is 13.7. The van der Waals surface area contributed by atoms with Gasteiger partial charge in [0.1, 0.15) is 4.21 Å². The highest BCUT2D eigenvalue weighted by Crippen LogP contribution is 2.21. The van der Waals surface area contributed by atoms with Gasteiger partial charge in [-0.25, -0.2) is 13.1 Å². The maximum atomic E-state index is 11.9. The lowest BCUT2D eigenvalue weighted by Crippen LogP contribution is -2.24. The van der Waals surface area contributed by atoms with Gasteiger partial charge in [-0.15, -0.1) is 11.3 Å². The summed E-state index contributed by atoms with van der Waals surface area (Å²) in [6.45, 7) is 4.52. The van der Waals surface area contributed by atoms with E-state index in [0.717, 1.165) is 24.1 Å². The third-order valence-electron chi connectivity index (χ3n) is 2.73. The Bertz CT molecular complexity index is 454. The van der Waals surface area contributed by atoms with Crippen LogP contribution in [0.2, 0.25) is 0 Å². The van der Waals surface area contributed by atoms with E-state index in [1.807, 2.05) is 19.9 Å². The second-order valence-electron chi connectivity index (χ2n) is 4.40. The minimum atomic E-state index is -3.35. The molecule has 1 rings (SSSR count). The molecule has 0 aliphatic heterocycles. The third-order valence-corrected chi connectivity index (χ3v) is 5.91. The number of aliphatic hydroxyl groups excluding tert-OH is 1. The molecule has 0 saturated heterocycles. The first kappa shape index (κ1) is 15.6. The van der Waals surface area contributed by atoms with E-state index in [2.05, 4.69) is 4.72 Å². The van der Waals surface area contributed by atoms with Crippen molar-refractivity contribution >= 4 is 21.4 Å². The van der Waals surface area contributed by atoms with Crippen molar-refractivity contribution in [2.24, 2.45) is 5.92 Å². The number of hydrogen-bond acceptors (Lipinski definition) is 4. The molecule has 0 aliphatic carbocycles. The maximum absolute atomic E-state index is 11.9. The second-order valence-corrected chi connectivity index (χ2v) is 7.56. The molecule has 1 aromatic heterocycles.